The van der Waals surface area contributed by atoms with Crippen molar-refractivity contribution in [3.63, 3.8) is 0 Å². The van der Waals surface area contributed by atoms with Crippen LogP contribution in [0.5, 0.6) is 0 Å². The molecule has 2 heterocycles. The molecule has 22 heavy (non-hydrogen) atoms. The first-order chi connectivity index (χ1) is 10.6. The molecule has 2 N–H and O–H groups in total. The SMILES string of the molecule is O=C(O)c1ccc(CNC(=O)c2ccc3nncn3c2)cc1. The highest BCUT2D eigenvalue weighted by Crippen LogP contribution is 2.06. The molecule has 0 radical (unpaired) electrons. The number of carbonyl (C=O) groups is 2. The molecule has 0 aliphatic heterocycles. The van der Waals surface area contributed by atoms with E-state index in [1.165, 1.54) is 18.5 Å². The van der Waals surface area contributed by atoms with Gasteiger partial charge < -0.3 is 10.4 Å². The number of carboxylic acid groups (broad SMARTS) is 1. The zero-order chi connectivity index (χ0) is 15.5. The summed E-state index contributed by atoms with van der Waals surface area (Å²) in [7, 11) is 0. The van der Waals surface area contributed by atoms with Crippen LogP contribution in [0.15, 0.2) is 48.9 Å². The van der Waals surface area contributed by atoms with Gasteiger partial charge in [-0.25, -0.2) is 4.79 Å². The van der Waals surface area contributed by atoms with E-state index in [4.69, 9.17) is 5.11 Å². The first kappa shape index (κ1) is 13.7. The van der Waals surface area contributed by atoms with Crippen molar-refractivity contribution in [2.75, 3.05) is 0 Å². The molecule has 0 unspecified atom stereocenters. The maximum absolute atomic E-state index is 12.1. The molecule has 7 nitrogen and oxygen atoms in total. The van der Waals surface area contributed by atoms with E-state index in [2.05, 4.69) is 15.5 Å². The summed E-state index contributed by atoms with van der Waals surface area (Å²) in [6, 6.07) is 9.75. The van der Waals surface area contributed by atoms with E-state index in [1.54, 1.807) is 34.9 Å². The number of carboxylic acids is 1. The fourth-order valence-corrected chi connectivity index (χ4v) is 2.01. The van der Waals surface area contributed by atoms with Gasteiger partial charge in [-0.3, -0.25) is 9.20 Å². The second kappa shape index (κ2) is 5.65. The summed E-state index contributed by atoms with van der Waals surface area (Å²) in [5.41, 5.74) is 2.20. The van der Waals surface area contributed by atoms with Gasteiger partial charge in [-0.15, -0.1) is 10.2 Å². The van der Waals surface area contributed by atoms with Gasteiger partial charge in [0.25, 0.3) is 5.91 Å². The van der Waals surface area contributed by atoms with Gasteiger partial charge in [0.2, 0.25) is 0 Å². The molecule has 0 atom stereocenters. The molecule has 7 heteroatoms. The number of pyridine rings is 1. The highest BCUT2D eigenvalue weighted by Gasteiger charge is 2.07. The summed E-state index contributed by atoms with van der Waals surface area (Å²) >= 11 is 0. The number of benzene rings is 1. The van der Waals surface area contributed by atoms with Crippen molar-refractivity contribution in [2.24, 2.45) is 0 Å². The zero-order valence-corrected chi connectivity index (χ0v) is 11.4. The fourth-order valence-electron chi connectivity index (χ4n) is 2.01. The summed E-state index contributed by atoms with van der Waals surface area (Å²) < 4.78 is 1.66. The van der Waals surface area contributed by atoms with Gasteiger partial charge in [-0.05, 0) is 29.8 Å². The molecule has 2 aromatic heterocycles. The Hall–Kier alpha value is -3.22. The van der Waals surface area contributed by atoms with Crippen LogP contribution in [-0.4, -0.2) is 31.6 Å². The molecular formula is C15H12N4O3. The Morgan fingerprint density at radius 1 is 1.09 bits per heavy atom. The number of fused-ring (bicyclic) bond motifs is 1. The standard InChI is InChI=1S/C15H12N4O3/c20-14(12-5-6-13-18-17-9-19(13)8-12)16-7-10-1-3-11(4-2-10)15(21)22/h1-6,8-9H,7H2,(H,16,20)(H,21,22). The smallest absolute Gasteiger partial charge is 0.335 e. The molecule has 110 valence electrons. The lowest BCUT2D eigenvalue weighted by Crippen LogP contribution is -2.23. The minimum Gasteiger partial charge on any atom is -0.478 e. The van der Waals surface area contributed by atoms with Crippen LogP contribution < -0.4 is 5.32 Å². The summed E-state index contributed by atoms with van der Waals surface area (Å²) in [6.45, 7) is 0.318. The number of rotatable bonds is 4. The molecule has 0 saturated heterocycles. The van der Waals surface area contributed by atoms with Gasteiger partial charge in [0.15, 0.2) is 5.65 Å². The Kier molecular flexibility index (Phi) is 3.53. The third-order valence-corrected chi connectivity index (χ3v) is 3.21. The predicted octanol–water partition coefficient (Wildman–Crippen LogP) is 1.36. The molecule has 0 aliphatic carbocycles. The van der Waals surface area contributed by atoms with Crippen molar-refractivity contribution in [2.45, 2.75) is 6.54 Å². The van der Waals surface area contributed by atoms with Crippen LogP contribution in [-0.2, 0) is 6.54 Å². The third kappa shape index (κ3) is 2.78. The van der Waals surface area contributed by atoms with Crippen molar-refractivity contribution in [3.05, 3.63) is 65.6 Å². The quantitative estimate of drug-likeness (QED) is 0.757. The summed E-state index contributed by atoms with van der Waals surface area (Å²) in [6.07, 6.45) is 3.18. The maximum atomic E-state index is 12.1. The van der Waals surface area contributed by atoms with Gasteiger partial charge >= 0.3 is 5.97 Å². The topological polar surface area (TPSA) is 96.6 Å². The summed E-state index contributed by atoms with van der Waals surface area (Å²) in [4.78, 5) is 22.9. The van der Waals surface area contributed by atoms with Gasteiger partial charge in [-0.1, -0.05) is 12.1 Å². The average molecular weight is 296 g/mol. The monoisotopic (exact) mass is 296 g/mol. The normalized spacial score (nSPS) is 10.5. The minimum atomic E-state index is -0.974. The lowest BCUT2D eigenvalue weighted by molar-refractivity contribution is 0.0696. The average Bonchev–Trinajstić information content (AvgIpc) is 3.00. The first-order valence-corrected chi connectivity index (χ1v) is 6.53. The molecular weight excluding hydrogens is 284 g/mol. The molecule has 0 saturated carbocycles. The van der Waals surface area contributed by atoms with Gasteiger partial charge in [0.1, 0.15) is 6.33 Å². The molecule has 1 aromatic carbocycles. The van der Waals surface area contributed by atoms with Crippen LogP contribution in [0.1, 0.15) is 26.3 Å². The van der Waals surface area contributed by atoms with Crippen molar-refractivity contribution in [1.82, 2.24) is 19.9 Å². The lowest BCUT2D eigenvalue weighted by Gasteiger charge is -2.06. The second-order valence-corrected chi connectivity index (χ2v) is 4.70. The number of amides is 1. The molecule has 3 rings (SSSR count). The van der Waals surface area contributed by atoms with Crippen LogP contribution in [0.2, 0.25) is 0 Å². The maximum Gasteiger partial charge on any atom is 0.335 e. The highest BCUT2D eigenvalue weighted by molar-refractivity contribution is 5.94. The number of aromatic carboxylic acids is 1. The van der Waals surface area contributed by atoms with Crippen molar-refractivity contribution < 1.29 is 14.7 Å². The van der Waals surface area contributed by atoms with E-state index in [0.29, 0.717) is 17.8 Å². The predicted molar refractivity (Wildman–Crippen MR) is 77.6 cm³/mol. The van der Waals surface area contributed by atoms with Crippen molar-refractivity contribution in [1.29, 1.82) is 0 Å². The Labute approximate surface area is 125 Å². The highest BCUT2D eigenvalue weighted by atomic mass is 16.4. The van der Waals surface area contributed by atoms with Crippen LogP contribution in [0.4, 0.5) is 0 Å². The summed E-state index contributed by atoms with van der Waals surface area (Å²) in [5, 5.41) is 19.2. The van der Waals surface area contributed by atoms with Crippen molar-refractivity contribution >= 4 is 17.5 Å². The van der Waals surface area contributed by atoms with Crippen LogP contribution in [0.25, 0.3) is 5.65 Å². The largest absolute Gasteiger partial charge is 0.478 e. The Morgan fingerprint density at radius 3 is 2.55 bits per heavy atom. The number of nitrogens with one attached hydrogen (secondary N) is 1. The number of carbonyl (C=O) groups excluding carboxylic acids is 1. The second-order valence-electron chi connectivity index (χ2n) is 4.70. The van der Waals surface area contributed by atoms with E-state index in [-0.39, 0.29) is 11.5 Å². The van der Waals surface area contributed by atoms with E-state index in [1.807, 2.05) is 0 Å². The Balaban J connectivity index is 1.67. The summed E-state index contributed by atoms with van der Waals surface area (Å²) in [5.74, 6) is -1.20. The number of hydrogen-bond donors (Lipinski definition) is 2. The van der Waals surface area contributed by atoms with E-state index in [0.717, 1.165) is 5.56 Å². The molecule has 0 aliphatic rings. The molecule has 0 spiro atoms. The molecule has 1 amide bonds. The van der Waals surface area contributed by atoms with E-state index >= 15 is 0 Å². The zero-order valence-electron chi connectivity index (χ0n) is 11.4. The van der Waals surface area contributed by atoms with Gasteiger partial charge in [0, 0.05) is 12.7 Å². The Morgan fingerprint density at radius 2 is 1.82 bits per heavy atom. The van der Waals surface area contributed by atoms with Gasteiger partial charge in [0.05, 0.1) is 11.1 Å². The van der Waals surface area contributed by atoms with Crippen LogP contribution in [0.3, 0.4) is 0 Å². The van der Waals surface area contributed by atoms with Crippen molar-refractivity contribution in [3.8, 4) is 0 Å². The fraction of sp³-hybridized carbons (Fsp3) is 0.0667. The number of nitrogens with zero attached hydrogens (tertiary/aromatic N) is 3. The van der Waals surface area contributed by atoms with E-state index in [9.17, 15) is 9.59 Å². The number of aromatic nitrogens is 3. The Bertz CT molecular complexity index is 839. The minimum absolute atomic E-state index is 0.216. The molecule has 3 aromatic rings. The van der Waals surface area contributed by atoms with Gasteiger partial charge in [-0.2, -0.15) is 0 Å². The molecule has 0 fully saturated rings. The third-order valence-electron chi connectivity index (χ3n) is 3.21. The number of hydrogen-bond acceptors (Lipinski definition) is 4. The van der Waals surface area contributed by atoms with E-state index < -0.39 is 5.97 Å². The van der Waals surface area contributed by atoms with Crippen LogP contribution in [0, 0.1) is 0 Å². The molecule has 0 bridgehead atoms. The first-order valence-electron chi connectivity index (χ1n) is 6.53. The lowest BCUT2D eigenvalue weighted by atomic mass is 10.1. The van der Waals surface area contributed by atoms with Crippen LogP contribution >= 0.6 is 0 Å².